The van der Waals surface area contributed by atoms with Crippen molar-refractivity contribution in [3.8, 4) is 40.0 Å². The number of aromatic nitrogens is 5. The lowest BCUT2D eigenvalue weighted by Gasteiger charge is -2.20. The van der Waals surface area contributed by atoms with Gasteiger partial charge >= 0.3 is 6.01 Å². The molecule has 0 aliphatic heterocycles. The molecule has 1 aliphatic carbocycles. The summed E-state index contributed by atoms with van der Waals surface area (Å²) in [7, 11) is 4.85. The van der Waals surface area contributed by atoms with E-state index in [1.165, 1.54) is 7.11 Å². The number of fused-ring (bicyclic) bond motifs is 1. The Kier molecular flexibility index (Phi) is 7.01. The van der Waals surface area contributed by atoms with Crippen LogP contribution in [-0.4, -0.2) is 45.9 Å². The Hall–Kier alpha value is -4.92. The summed E-state index contributed by atoms with van der Waals surface area (Å²) in [5.74, 6) is 2.72. The zero-order valence-electron chi connectivity index (χ0n) is 22.7. The highest BCUT2D eigenvalue weighted by atomic mass is 16.5. The van der Waals surface area contributed by atoms with Crippen molar-refractivity contribution in [1.82, 2.24) is 24.6 Å². The lowest BCUT2D eigenvalue weighted by molar-refractivity contribution is 0.380. The van der Waals surface area contributed by atoms with Gasteiger partial charge in [0.05, 0.1) is 32.6 Å². The maximum absolute atomic E-state index is 6.10. The van der Waals surface area contributed by atoms with Gasteiger partial charge in [0.25, 0.3) is 0 Å². The van der Waals surface area contributed by atoms with Crippen molar-refractivity contribution in [2.75, 3.05) is 26.6 Å². The van der Waals surface area contributed by atoms with E-state index in [0.717, 1.165) is 58.6 Å². The van der Waals surface area contributed by atoms with Gasteiger partial charge in [-0.1, -0.05) is 54.6 Å². The van der Waals surface area contributed by atoms with Gasteiger partial charge in [-0.15, -0.1) is 0 Å². The minimum absolute atomic E-state index is 0.259. The van der Waals surface area contributed by atoms with Gasteiger partial charge in [0.2, 0.25) is 5.88 Å². The van der Waals surface area contributed by atoms with Crippen molar-refractivity contribution in [3.05, 3.63) is 84.6 Å². The molecule has 0 saturated carbocycles. The fourth-order valence-electron chi connectivity index (χ4n) is 5.21. The number of nitrogens with zero attached hydrogens (tertiary/aromatic N) is 5. The summed E-state index contributed by atoms with van der Waals surface area (Å²) in [5.41, 5.74) is 5.44. The highest BCUT2D eigenvalue weighted by molar-refractivity contribution is 5.85. The lowest BCUT2D eigenvalue weighted by atomic mass is 9.86. The number of hydrogen-bond acceptors (Lipinski definition) is 8. The second-order valence-electron chi connectivity index (χ2n) is 9.47. The van der Waals surface area contributed by atoms with Crippen LogP contribution >= 0.6 is 0 Å². The molecule has 1 aliphatic rings. The smallest absolute Gasteiger partial charge is 0.318 e. The van der Waals surface area contributed by atoms with Gasteiger partial charge in [-0.25, -0.2) is 9.97 Å². The topological polar surface area (TPSA) is 95.7 Å². The molecule has 1 N–H and O–H groups in total. The molecule has 0 radical (unpaired) electrons. The summed E-state index contributed by atoms with van der Waals surface area (Å²) < 4.78 is 18.6. The highest BCUT2D eigenvalue weighted by Gasteiger charge is 2.29. The molecule has 0 spiro atoms. The van der Waals surface area contributed by atoms with Crippen LogP contribution in [0, 0.1) is 0 Å². The van der Waals surface area contributed by atoms with E-state index in [1.54, 1.807) is 26.5 Å². The fraction of sp³-hybridized carbons (Fsp3) is 0.226. The molecule has 9 nitrogen and oxygen atoms in total. The first-order valence-electron chi connectivity index (χ1n) is 13.2. The van der Waals surface area contributed by atoms with Crippen LogP contribution in [0.4, 0.5) is 11.6 Å². The fourth-order valence-corrected chi connectivity index (χ4v) is 5.21. The van der Waals surface area contributed by atoms with Crippen molar-refractivity contribution in [1.29, 1.82) is 0 Å². The molecule has 3 heterocycles. The van der Waals surface area contributed by atoms with E-state index in [4.69, 9.17) is 24.3 Å². The number of nitrogens with one attached hydrogen (secondary N) is 1. The standard InChI is InChI=1S/C31H30N6O3/c1-38-23-16-14-21(15-17-23)26-28(33-24-18-19-32-31(34-24)40-3)35-29-25(20-10-6-4-7-11-20)27(22-12-8-5-9-13-22)36-37(29)30(26)39-2/h4-6,8-9,12-20H,7,10-11H2,1-3H3,(H,32,33,34,35). The van der Waals surface area contributed by atoms with E-state index in [9.17, 15) is 0 Å². The maximum Gasteiger partial charge on any atom is 0.318 e. The first kappa shape index (κ1) is 25.4. The molecule has 202 valence electrons. The van der Waals surface area contributed by atoms with Gasteiger partial charge in [0, 0.05) is 17.3 Å². The predicted octanol–water partition coefficient (Wildman–Crippen LogP) is 6.45. The van der Waals surface area contributed by atoms with E-state index in [0.29, 0.717) is 17.5 Å². The zero-order chi connectivity index (χ0) is 27.5. The number of hydrogen-bond donors (Lipinski definition) is 1. The molecular weight excluding hydrogens is 504 g/mol. The Morgan fingerprint density at radius 3 is 2.38 bits per heavy atom. The zero-order valence-corrected chi connectivity index (χ0v) is 22.7. The van der Waals surface area contributed by atoms with E-state index < -0.39 is 0 Å². The molecule has 9 heteroatoms. The molecule has 1 atom stereocenters. The lowest BCUT2D eigenvalue weighted by Crippen LogP contribution is -2.08. The third-order valence-electron chi connectivity index (χ3n) is 7.12. The normalized spacial score (nSPS) is 14.7. The summed E-state index contributed by atoms with van der Waals surface area (Å²) in [6.07, 6.45) is 9.11. The molecule has 0 bridgehead atoms. The molecule has 1 unspecified atom stereocenters. The number of anilines is 2. The van der Waals surface area contributed by atoms with Crippen molar-refractivity contribution >= 4 is 17.3 Å². The summed E-state index contributed by atoms with van der Waals surface area (Å²) >= 11 is 0. The Morgan fingerprint density at radius 2 is 1.68 bits per heavy atom. The number of ether oxygens (including phenoxy) is 3. The largest absolute Gasteiger partial charge is 0.497 e. The van der Waals surface area contributed by atoms with E-state index in [1.807, 2.05) is 47.0 Å². The maximum atomic E-state index is 6.10. The van der Waals surface area contributed by atoms with E-state index in [-0.39, 0.29) is 11.9 Å². The van der Waals surface area contributed by atoms with Crippen molar-refractivity contribution < 1.29 is 14.2 Å². The van der Waals surface area contributed by atoms with Gasteiger partial charge in [0.15, 0.2) is 5.65 Å². The molecule has 2 aromatic carbocycles. The SMILES string of the molecule is COc1ccc(-c2c(Nc3ccnc(OC)n3)nc3c(C4CC=CCC4)c(-c4ccccc4)nn3c2OC)cc1. The summed E-state index contributed by atoms with van der Waals surface area (Å²) in [4.78, 5) is 13.8. The summed E-state index contributed by atoms with van der Waals surface area (Å²) in [6, 6.07) is 20.1. The first-order chi connectivity index (χ1) is 19.7. The average molecular weight is 535 g/mol. The van der Waals surface area contributed by atoms with Gasteiger partial charge < -0.3 is 19.5 Å². The average Bonchev–Trinajstić information content (AvgIpc) is 3.40. The van der Waals surface area contributed by atoms with Crippen LogP contribution in [0.5, 0.6) is 17.6 Å². The minimum Gasteiger partial charge on any atom is -0.497 e. The van der Waals surface area contributed by atoms with Crippen molar-refractivity contribution in [3.63, 3.8) is 0 Å². The summed E-state index contributed by atoms with van der Waals surface area (Å²) in [5, 5.41) is 8.54. The molecule has 6 rings (SSSR count). The monoisotopic (exact) mass is 534 g/mol. The molecule has 5 aromatic rings. The van der Waals surface area contributed by atoms with Gasteiger partial charge in [-0.05, 0) is 48.9 Å². The third kappa shape index (κ3) is 4.70. The molecular formula is C31H30N6O3. The quantitative estimate of drug-likeness (QED) is 0.227. The van der Waals surface area contributed by atoms with Crippen LogP contribution < -0.4 is 19.5 Å². The Labute approximate surface area is 232 Å². The van der Waals surface area contributed by atoms with Crippen LogP contribution in [0.15, 0.2) is 79.0 Å². The second kappa shape index (κ2) is 11.1. The Bertz CT molecular complexity index is 1660. The van der Waals surface area contributed by atoms with Crippen LogP contribution in [0.1, 0.15) is 30.7 Å². The minimum atomic E-state index is 0.259. The number of allylic oxidation sites excluding steroid dienone is 2. The second-order valence-corrected chi connectivity index (χ2v) is 9.47. The Morgan fingerprint density at radius 1 is 0.850 bits per heavy atom. The van der Waals surface area contributed by atoms with Crippen LogP contribution in [0.3, 0.4) is 0 Å². The van der Waals surface area contributed by atoms with Crippen molar-refractivity contribution in [2.24, 2.45) is 0 Å². The molecule has 3 aromatic heterocycles. The van der Waals surface area contributed by atoms with Gasteiger partial charge in [0.1, 0.15) is 17.4 Å². The number of methoxy groups -OCH3 is 3. The molecule has 0 saturated heterocycles. The third-order valence-corrected chi connectivity index (χ3v) is 7.12. The van der Waals surface area contributed by atoms with Crippen molar-refractivity contribution in [2.45, 2.75) is 25.2 Å². The highest BCUT2D eigenvalue weighted by Crippen LogP contribution is 2.43. The summed E-state index contributed by atoms with van der Waals surface area (Å²) in [6.45, 7) is 0. The van der Waals surface area contributed by atoms with Gasteiger partial charge in [-0.2, -0.15) is 14.6 Å². The van der Waals surface area contributed by atoms with E-state index >= 15 is 0 Å². The van der Waals surface area contributed by atoms with Crippen LogP contribution in [0.25, 0.3) is 28.0 Å². The first-order valence-corrected chi connectivity index (χ1v) is 13.2. The van der Waals surface area contributed by atoms with Crippen LogP contribution in [0.2, 0.25) is 0 Å². The number of rotatable bonds is 8. The van der Waals surface area contributed by atoms with Gasteiger partial charge in [-0.3, -0.25) is 0 Å². The molecule has 0 fully saturated rings. The molecule has 40 heavy (non-hydrogen) atoms. The van der Waals surface area contributed by atoms with Crippen LogP contribution in [-0.2, 0) is 0 Å². The Balaban J connectivity index is 1.64. The predicted molar refractivity (Wildman–Crippen MR) is 155 cm³/mol. The molecule has 0 amide bonds. The van der Waals surface area contributed by atoms with E-state index in [2.05, 4.69) is 39.6 Å². The number of benzene rings is 2.